The van der Waals surface area contributed by atoms with Crippen molar-refractivity contribution in [1.29, 1.82) is 0 Å². The summed E-state index contributed by atoms with van der Waals surface area (Å²) in [4.78, 5) is 17.3. The molecule has 0 aromatic heterocycles. The number of nitrogens with one attached hydrogen (secondary N) is 1. The average molecular weight is 302 g/mol. The summed E-state index contributed by atoms with van der Waals surface area (Å²) in [5, 5.41) is 2.92. The molecule has 3 fully saturated rings. The first-order valence-electron chi connectivity index (χ1n) is 8.35. The molecule has 2 bridgehead atoms. The molecule has 1 aromatic rings. The van der Waals surface area contributed by atoms with E-state index in [1.165, 1.54) is 25.9 Å². The molecule has 0 spiro atoms. The topological polar surface area (TPSA) is 61.6 Å². The van der Waals surface area contributed by atoms with Crippen LogP contribution in [0.15, 0.2) is 18.2 Å². The van der Waals surface area contributed by atoms with Crippen molar-refractivity contribution in [2.45, 2.75) is 32.2 Å². The molecule has 120 valence electrons. The number of hydrogen-bond acceptors (Lipinski definition) is 4. The van der Waals surface area contributed by atoms with Gasteiger partial charge in [-0.05, 0) is 37.5 Å². The quantitative estimate of drug-likeness (QED) is 0.831. The second-order valence-corrected chi connectivity index (χ2v) is 6.29. The minimum atomic E-state index is -0.0657. The Morgan fingerprint density at radius 1 is 1.27 bits per heavy atom. The van der Waals surface area contributed by atoms with Crippen LogP contribution in [-0.2, 0) is 0 Å². The number of fused-ring (bicyclic) bond motifs is 4. The van der Waals surface area contributed by atoms with Crippen molar-refractivity contribution in [3.8, 4) is 0 Å². The number of carbonyl (C=O) groups is 1. The molecule has 4 rings (SSSR count). The monoisotopic (exact) mass is 302 g/mol. The van der Waals surface area contributed by atoms with Gasteiger partial charge in [0.25, 0.3) is 5.91 Å². The van der Waals surface area contributed by atoms with Crippen LogP contribution in [0.2, 0.25) is 0 Å². The largest absolute Gasteiger partial charge is 0.398 e. The summed E-state index contributed by atoms with van der Waals surface area (Å²) in [5.41, 5.74) is 8.30. The maximum absolute atomic E-state index is 12.3. The molecular weight excluding hydrogens is 276 g/mol. The van der Waals surface area contributed by atoms with Crippen molar-refractivity contribution in [3.63, 3.8) is 0 Å². The van der Waals surface area contributed by atoms with Gasteiger partial charge < -0.3 is 20.9 Å². The number of rotatable bonds is 4. The smallest absolute Gasteiger partial charge is 0.253 e. The highest BCUT2D eigenvalue weighted by atomic mass is 16.1. The Hall–Kier alpha value is -1.75. The van der Waals surface area contributed by atoms with Crippen molar-refractivity contribution >= 4 is 17.3 Å². The number of amides is 1. The van der Waals surface area contributed by atoms with E-state index >= 15 is 0 Å². The number of carbonyl (C=O) groups excluding carboxylic acids is 1. The molecule has 3 aliphatic rings. The lowest BCUT2D eigenvalue weighted by atomic mass is 10.0. The van der Waals surface area contributed by atoms with Gasteiger partial charge in [0, 0.05) is 50.1 Å². The Morgan fingerprint density at radius 2 is 2.05 bits per heavy atom. The van der Waals surface area contributed by atoms with E-state index in [2.05, 4.69) is 21.2 Å². The van der Waals surface area contributed by atoms with Crippen LogP contribution in [0.3, 0.4) is 0 Å². The van der Waals surface area contributed by atoms with Gasteiger partial charge in [0.2, 0.25) is 0 Å². The molecule has 0 unspecified atom stereocenters. The summed E-state index contributed by atoms with van der Waals surface area (Å²) >= 11 is 0. The van der Waals surface area contributed by atoms with Crippen LogP contribution in [0.5, 0.6) is 0 Å². The molecule has 0 saturated carbocycles. The summed E-state index contributed by atoms with van der Waals surface area (Å²) in [6.45, 7) is 7.26. The van der Waals surface area contributed by atoms with Crippen LogP contribution in [0, 0.1) is 0 Å². The molecule has 1 aromatic carbocycles. The normalized spacial score (nSPS) is 24.1. The molecule has 5 nitrogen and oxygen atoms in total. The van der Waals surface area contributed by atoms with Gasteiger partial charge in [0.15, 0.2) is 0 Å². The van der Waals surface area contributed by atoms with Crippen molar-refractivity contribution in [2.75, 3.05) is 43.4 Å². The fraction of sp³-hybridized carbons (Fsp3) is 0.588. The number of nitrogen functional groups attached to an aromatic ring is 1. The van der Waals surface area contributed by atoms with E-state index in [0.717, 1.165) is 25.2 Å². The molecule has 3 heterocycles. The predicted molar refractivity (Wildman–Crippen MR) is 90.3 cm³/mol. The Labute approximate surface area is 132 Å². The lowest BCUT2D eigenvalue weighted by Gasteiger charge is -2.33. The van der Waals surface area contributed by atoms with Crippen LogP contribution < -0.4 is 16.0 Å². The SMILES string of the molecule is CCCNC(=O)c1cc(N2CCN3CCC2CC3)ccc1N. The molecule has 0 radical (unpaired) electrons. The van der Waals surface area contributed by atoms with Crippen LogP contribution in [0.4, 0.5) is 11.4 Å². The zero-order valence-electron chi connectivity index (χ0n) is 13.3. The summed E-state index contributed by atoms with van der Waals surface area (Å²) in [5.74, 6) is -0.0657. The van der Waals surface area contributed by atoms with Gasteiger partial charge in [-0.15, -0.1) is 0 Å². The van der Waals surface area contributed by atoms with Gasteiger partial charge in [-0.2, -0.15) is 0 Å². The van der Waals surface area contributed by atoms with Crippen LogP contribution in [0.25, 0.3) is 0 Å². The number of nitrogens with two attached hydrogens (primary N) is 1. The van der Waals surface area contributed by atoms with E-state index in [1.54, 1.807) is 0 Å². The third-order valence-corrected chi connectivity index (χ3v) is 4.80. The first-order chi connectivity index (χ1) is 10.7. The molecule has 22 heavy (non-hydrogen) atoms. The van der Waals surface area contributed by atoms with E-state index < -0.39 is 0 Å². The van der Waals surface area contributed by atoms with Gasteiger partial charge in [-0.1, -0.05) is 6.92 Å². The van der Waals surface area contributed by atoms with Crippen LogP contribution >= 0.6 is 0 Å². The zero-order valence-corrected chi connectivity index (χ0v) is 13.3. The summed E-state index contributed by atoms with van der Waals surface area (Å²) in [7, 11) is 0. The van der Waals surface area contributed by atoms with Crippen molar-refractivity contribution in [1.82, 2.24) is 10.2 Å². The van der Waals surface area contributed by atoms with Crippen molar-refractivity contribution in [2.24, 2.45) is 0 Å². The molecular formula is C17H26N4O. The Bertz CT molecular complexity index is 537. The minimum absolute atomic E-state index is 0.0657. The first kappa shape index (κ1) is 15.2. The standard InChI is InChI=1S/C17H26N4O/c1-2-7-19-17(22)15-12-14(3-4-16(15)18)21-11-10-20-8-5-13(21)6-9-20/h3-4,12-13H,2,5-11,18H2,1H3,(H,19,22). The molecule has 3 aliphatic heterocycles. The third kappa shape index (κ3) is 3.04. The highest BCUT2D eigenvalue weighted by Gasteiger charge is 2.29. The number of anilines is 2. The fourth-order valence-electron chi connectivity index (χ4n) is 3.48. The molecule has 1 amide bonds. The second-order valence-electron chi connectivity index (χ2n) is 6.29. The van der Waals surface area contributed by atoms with E-state index in [-0.39, 0.29) is 5.91 Å². The van der Waals surface area contributed by atoms with E-state index in [1.807, 2.05) is 19.1 Å². The average Bonchev–Trinajstić information content (AvgIpc) is 2.87. The molecule has 3 N–H and O–H groups in total. The lowest BCUT2D eigenvalue weighted by molar-refractivity contribution is 0.0954. The summed E-state index contributed by atoms with van der Waals surface area (Å²) in [6, 6.07) is 6.48. The van der Waals surface area contributed by atoms with Crippen LogP contribution in [0.1, 0.15) is 36.5 Å². The highest BCUT2D eigenvalue weighted by Crippen LogP contribution is 2.29. The van der Waals surface area contributed by atoms with Gasteiger partial charge >= 0.3 is 0 Å². The minimum Gasteiger partial charge on any atom is -0.398 e. The lowest BCUT2D eigenvalue weighted by Crippen LogP contribution is -2.38. The number of nitrogens with zero attached hydrogens (tertiary/aromatic N) is 2. The Balaban J connectivity index is 1.83. The Kier molecular flexibility index (Phi) is 4.52. The molecule has 0 atom stereocenters. The van der Waals surface area contributed by atoms with Gasteiger partial charge in [-0.3, -0.25) is 4.79 Å². The molecule has 0 aliphatic carbocycles. The highest BCUT2D eigenvalue weighted by molar-refractivity contribution is 6.00. The number of benzene rings is 1. The van der Waals surface area contributed by atoms with E-state index in [9.17, 15) is 4.79 Å². The fourth-order valence-corrected chi connectivity index (χ4v) is 3.48. The van der Waals surface area contributed by atoms with Gasteiger partial charge in [0.05, 0.1) is 5.56 Å². The maximum Gasteiger partial charge on any atom is 0.253 e. The van der Waals surface area contributed by atoms with E-state index in [4.69, 9.17) is 5.73 Å². The summed E-state index contributed by atoms with van der Waals surface area (Å²) in [6.07, 6.45) is 3.35. The third-order valence-electron chi connectivity index (χ3n) is 4.80. The van der Waals surface area contributed by atoms with Crippen molar-refractivity contribution in [3.05, 3.63) is 23.8 Å². The Morgan fingerprint density at radius 3 is 2.77 bits per heavy atom. The number of hydrogen-bond donors (Lipinski definition) is 2. The zero-order chi connectivity index (χ0) is 15.5. The maximum atomic E-state index is 12.3. The molecule has 5 heteroatoms. The van der Waals surface area contributed by atoms with Crippen LogP contribution in [-0.4, -0.2) is 49.6 Å². The molecule has 3 saturated heterocycles. The summed E-state index contributed by atoms with van der Waals surface area (Å²) < 4.78 is 0. The first-order valence-corrected chi connectivity index (χ1v) is 8.35. The number of piperidine rings is 1. The second kappa shape index (κ2) is 6.57. The van der Waals surface area contributed by atoms with Gasteiger partial charge in [-0.25, -0.2) is 0 Å². The van der Waals surface area contributed by atoms with E-state index in [0.29, 0.717) is 23.8 Å². The van der Waals surface area contributed by atoms with Crippen molar-refractivity contribution < 1.29 is 4.79 Å². The predicted octanol–water partition coefficient (Wildman–Crippen LogP) is 1.69. The van der Waals surface area contributed by atoms with Gasteiger partial charge in [0.1, 0.15) is 0 Å².